The fraction of sp³-hybridized carbons (Fsp3) is 0.364. The molecule has 0 aliphatic rings. The molecule has 0 heterocycles. The molecule has 21 heavy (non-hydrogen) atoms. The molecule has 1 N–H and O–H groups in total. The van der Waals surface area contributed by atoms with Crippen molar-refractivity contribution in [2.75, 3.05) is 19.8 Å². The topological polar surface area (TPSA) is 72.5 Å². The average Bonchev–Trinajstić information content (AvgIpc) is 2.38. The van der Waals surface area contributed by atoms with Gasteiger partial charge in [0.15, 0.2) is 0 Å². The van der Waals surface area contributed by atoms with Crippen LogP contribution < -0.4 is 5.32 Å². The largest absolute Gasteiger partial charge is 0.380 e. The molecule has 1 amide bonds. The number of rotatable bonds is 6. The minimum atomic E-state index is -4.17. The van der Waals surface area contributed by atoms with E-state index in [-0.39, 0.29) is 27.2 Å². The van der Waals surface area contributed by atoms with Crippen molar-refractivity contribution in [1.82, 2.24) is 5.32 Å². The monoisotopic (exact) mass is 393 g/mol. The van der Waals surface area contributed by atoms with Crippen LogP contribution in [0.2, 0.25) is 15.1 Å². The molecular formula is C11H11Cl4NO4S. The number of ether oxygens (including phenoxy) is 1. The van der Waals surface area contributed by atoms with Gasteiger partial charge in [0.1, 0.15) is 4.90 Å². The lowest BCUT2D eigenvalue weighted by atomic mass is 10.2. The minimum Gasteiger partial charge on any atom is -0.380 e. The molecule has 0 fully saturated rings. The van der Waals surface area contributed by atoms with Crippen LogP contribution in [0.3, 0.4) is 0 Å². The van der Waals surface area contributed by atoms with E-state index < -0.39 is 19.9 Å². The van der Waals surface area contributed by atoms with Crippen LogP contribution in [0.5, 0.6) is 0 Å². The molecule has 0 bridgehead atoms. The molecule has 0 saturated carbocycles. The molecule has 10 heteroatoms. The second-order valence-corrected chi connectivity index (χ2v) is 7.45. The van der Waals surface area contributed by atoms with Crippen molar-refractivity contribution in [1.29, 1.82) is 0 Å². The first kappa shape index (κ1) is 18.8. The number of carbonyl (C=O) groups excluding carboxylic acids is 1. The molecule has 0 aliphatic carbocycles. The summed E-state index contributed by atoms with van der Waals surface area (Å²) in [6.07, 6.45) is 0. The number of halogens is 4. The Morgan fingerprint density at radius 1 is 1.29 bits per heavy atom. The Bertz CT molecular complexity index is 648. The Morgan fingerprint density at radius 3 is 2.43 bits per heavy atom. The van der Waals surface area contributed by atoms with Crippen LogP contribution in [0.15, 0.2) is 11.0 Å². The first-order valence-electron chi connectivity index (χ1n) is 5.68. The molecule has 0 unspecified atom stereocenters. The van der Waals surface area contributed by atoms with Crippen molar-refractivity contribution in [2.45, 2.75) is 11.8 Å². The van der Waals surface area contributed by atoms with Crippen LogP contribution in [0, 0.1) is 0 Å². The number of benzene rings is 1. The lowest BCUT2D eigenvalue weighted by Gasteiger charge is -2.12. The second-order valence-electron chi connectivity index (χ2n) is 3.75. The fourth-order valence-electron chi connectivity index (χ4n) is 1.43. The van der Waals surface area contributed by atoms with Gasteiger partial charge < -0.3 is 10.1 Å². The van der Waals surface area contributed by atoms with Crippen molar-refractivity contribution in [3.8, 4) is 0 Å². The van der Waals surface area contributed by atoms with Gasteiger partial charge in [0.2, 0.25) is 0 Å². The summed E-state index contributed by atoms with van der Waals surface area (Å²) in [7, 11) is 1.08. The first-order chi connectivity index (χ1) is 9.70. The van der Waals surface area contributed by atoms with E-state index in [0.717, 1.165) is 6.07 Å². The number of hydrogen-bond donors (Lipinski definition) is 1. The summed E-state index contributed by atoms with van der Waals surface area (Å²) in [5.74, 6) is -0.672. The van der Waals surface area contributed by atoms with Crippen molar-refractivity contribution >= 4 is 60.4 Å². The molecule has 5 nitrogen and oxygen atoms in total. The molecule has 0 saturated heterocycles. The molecule has 0 spiro atoms. The second kappa shape index (κ2) is 7.85. The highest BCUT2D eigenvalue weighted by Gasteiger charge is 2.26. The van der Waals surface area contributed by atoms with E-state index in [1.54, 1.807) is 0 Å². The van der Waals surface area contributed by atoms with E-state index in [4.69, 9.17) is 50.2 Å². The van der Waals surface area contributed by atoms with Gasteiger partial charge in [0.25, 0.3) is 15.0 Å². The smallest absolute Gasteiger partial charge is 0.262 e. The molecule has 1 aromatic rings. The molecule has 0 aliphatic heterocycles. The number of carbonyl (C=O) groups is 1. The summed E-state index contributed by atoms with van der Waals surface area (Å²) in [6, 6.07) is 0.992. The van der Waals surface area contributed by atoms with E-state index >= 15 is 0 Å². The summed E-state index contributed by atoms with van der Waals surface area (Å²) in [4.78, 5) is 11.6. The number of amides is 1. The van der Waals surface area contributed by atoms with Crippen molar-refractivity contribution < 1.29 is 17.9 Å². The molecule has 1 aromatic carbocycles. The average molecular weight is 395 g/mol. The molecule has 0 radical (unpaired) electrons. The maximum absolute atomic E-state index is 12.0. The highest BCUT2D eigenvalue weighted by atomic mass is 35.7. The van der Waals surface area contributed by atoms with Crippen molar-refractivity contribution in [3.63, 3.8) is 0 Å². The van der Waals surface area contributed by atoms with Crippen LogP contribution in [-0.4, -0.2) is 34.1 Å². The van der Waals surface area contributed by atoms with E-state index in [1.165, 1.54) is 0 Å². The zero-order chi connectivity index (χ0) is 16.2. The summed E-state index contributed by atoms with van der Waals surface area (Å²) in [5.41, 5.74) is -0.249. The van der Waals surface area contributed by atoms with Crippen LogP contribution >= 0.6 is 45.5 Å². The van der Waals surface area contributed by atoms with Gasteiger partial charge in [-0.2, -0.15) is 0 Å². The van der Waals surface area contributed by atoms with Crippen LogP contribution in [0.4, 0.5) is 0 Å². The zero-order valence-electron chi connectivity index (χ0n) is 10.8. The molecule has 1 rings (SSSR count). The molecular weight excluding hydrogens is 384 g/mol. The highest BCUT2D eigenvalue weighted by Crippen LogP contribution is 2.37. The summed E-state index contributed by atoms with van der Waals surface area (Å²) >= 11 is 17.6. The third-order valence-corrected chi connectivity index (χ3v) is 4.99. The summed E-state index contributed by atoms with van der Waals surface area (Å²) < 4.78 is 27.9. The summed E-state index contributed by atoms with van der Waals surface area (Å²) in [5, 5.41) is 1.81. The van der Waals surface area contributed by atoms with Crippen LogP contribution in [0.25, 0.3) is 0 Å². The lowest BCUT2D eigenvalue weighted by Crippen LogP contribution is -2.28. The van der Waals surface area contributed by atoms with Gasteiger partial charge in [0.05, 0.1) is 27.2 Å². The van der Waals surface area contributed by atoms with Gasteiger partial charge in [-0.25, -0.2) is 8.42 Å². The zero-order valence-corrected chi connectivity index (χ0v) is 14.6. The minimum absolute atomic E-state index is 0.143. The third-order valence-electron chi connectivity index (χ3n) is 2.35. The van der Waals surface area contributed by atoms with E-state index in [2.05, 4.69) is 5.32 Å². The van der Waals surface area contributed by atoms with Gasteiger partial charge in [-0.1, -0.05) is 34.8 Å². The number of hydrogen-bond acceptors (Lipinski definition) is 4. The molecule has 0 atom stereocenters. The SMILES string of the molecule is CCOCCNC(=O)c1c(Cl)c(Cl)cc(S(=O)(=O)Cl)c1Cl. The highest BCUT2D eigenvalue weighted by molar-refractivity contribution is 8.13. The Balaban J connectivity index is 3.17. The third kappa shape index (κ3) is 4.87. The van der Waals surface area contributed by atoms with Crippen molar-refractivity contribution in [2.24, 2.45) is 0 Å². The fourth-order valence-corrected chi connectivity index (χ4v) is 3.58. The first-order valence-corrected chi connectivity index (χ1v) is 9.12. The quantitative estimate of drug-likeness (QED) is 0.456. The standard InChI is InChI=1S/C11H11Cl4NO4S/c1-2-20-4-3-16-11(17)8-9(13)6(12)5-7(10(8)14)21(15,18)19/h5H,2-4H2,1H3,(H,16,17). The van der Waals surface area contributed by atoms with Crippen LogP contribution in [0.1, 0.15) is 17.3 Å². The van der Waals surface area contributed by atoms with E-state index in [9.17, 15) is 13.2 Å². The van der Waals surface area contributed by atoms with Gasteiger partial charge in [-0.15, -0.1) is 0 Å². The molecule has 0 aromatic heterocycles. The van der Waals surface area contributed by atoms with E-state index in [0.29, 0.717) is 13.2 Å². The maximum atomic E-state index is 12.0. The van der Waals surface area contributed by atoms with Gasteiger partial charge >= 0.3 is 0 Å². The lowest BCUT2D eigenvalue weighted by molar-refractivity contribution is 0.0922. The Kier molecular flexibility index (Phi) is 7.03. The maximum Gasteiger partial charge on any atom is 0.262 e. The van der Waals surface area contributed by atoms with Gasteiger partial charge in [-0.3, -0.25) is 4.79 Å². The summed E-state index contributed by atoms with van der Waals surface area (Å²) in [6.45, 7) is 2.81. The van der Waals surface area contributed by atoms with Crippen molar-refractivity contribution in [3.05, 3.63) is 26.7 Å². The Labute approximate surface area is 141 Å². The van der Waals surface area contributed by atoms with Gasteiger partial charge in [-0.05, 0) is 13.0 Å². The predicted octanol–water partition coefficient (Wildman–Crippen LogP) is 3.34. The van der Waals surface area contributed by atoms with E-state index in [1.807, 2.05) is 6.92 Å². The number of nitrogens with one attached hydrogen (secondary N) is 1. The predicted molar refractivity (Wildman–Crippen MR) is 83.3 cm³/mol. The normalized spacial score (nSPS) is 11.5. The van der Waals surface area contributed by atoms with Gasteiger partial charge in [0, 0.05) is 23.8 Å². The Hall–Kier alpha value is -0.240. The Morgan fingerprint density at radius 2 is 1.90 bits per heavy atom. The molecule has 118 valence electrons. The van der Waals surface area contributed by atoms with Crippen LogP contribution in [-0.2, 0) is 13.8 Å².